The minimum atomic E-state index is 0.0906. The van der Waals surface area contributed by atoms with Crippen molar-refractivity contribution in [3.05, 3.63) is 54.6 Å². The number of nitrogens with zero attached hydrogens (tertiary/aromatic N) is 5. The Kier molecular flexibility index (Phi) is 6.41. The number of nitriles is 1. The van der Waals surface area contributed by atoms with Gasteiger partial charge in [-0.1, -0.05) is 6.07 Å². The molecule has 6 rings (SSSR count). The van der Waals surface area contributed by atoms with Crippen molar-refractivity contribution in [1.29, 1.82) is 5.26 Å². The van der Waals surface area contributed by atoms with Crippen molar-refractivity contribution >= 4 is 11.0 Å². The lowest BCUT2D eigenvalue weighted by atomic mass is 10.0. The number of aromatic amines is 1. The molecule has 0 aliphatic carbocycles. The Morgan fingerprint density at radius 3 is 2.75 bits per heavy atom. The predicted octanol–water partition coefficient (Wildman–Crippen LogP) is 4.62. The Labute approximate surface area is 210 Å². The third-order valence-electron chi connectivity index (χ3n) is 7.21. The summed E-state index contributed by atoms with van der Waals surface area (Å²) in [5.74, 6) is 0.633. The van der Waals surface area contributed by atoms with E-state index in [0.717, 1.165) is 59.2 Å². The van der Waals surface area contributed by atoms with E-state index in [2.05, 4.69) is 38.3 Å². The number of rotatable bonds is 7. The van der Waals surface area contributed by atoms with Crippen LogP contribution in [0.4, 0.5) is 0 Å². The molecule has 2 aliphatic rings. The zero-order valence-corrected chi connectivity index (χ0v) is 20.3. The van der Waals surface area contributed by atoms with Crippen molar-refractivity contribution < 1.29 is 9.47 Å². The van der Waals surface area contributed by atoms with Crippen LogP contribution >= 0.6 is 0 Å². The molecule has 1 N–H and O–H groups in total. The molecule has 0 amide bonds. The van der Waals surface area contributed by atoms with Gasteiger partial charge in [-0.25, -0.2) is 4.98 Å². The molecule has 184 valence electrons. The molecule has 4 aromatic rings. The summed E-state index contributed by atoms with van der Waals surface area (Å²) in [5, 5.41) is 15.4. The molecule has 0 bridgehead atoms. The van der Waals surface area contributed by atoms with Gasteiger partial charge in [0, 0.05) is 60.1 Å². The minimum Gasteiger partial charge on any atom is -0.489 e. The van der Waals surface area contributed by atoms with Crippen LogP contribution in [0.5, 0.6) is 5.75 Å². The van der Waals surface area contributed by atoms with Crippen LogP contribution in [-0.2, 0) is 11.3 Å². The molecular weight excluding hydrogens is 452 g/mol. The maximum Gasteiger partial charge on any atom is 0.137 e. The molecule has 3 aromatic heterocycles. The molecule has 8 heteroatoms. The van der Waals surface area contributed by atoms with Gasteiger partial charge in [-0.3, -0.25) is 4.68 Å². The van der Waals surface area contributed by atoms with E-state index in [1.165, 1.54) is 25.9 Å². The van der Waals surface area contributed by atoms with Crippen molar-refractivity contribution in [3.63, 3.8) is 0 Å². The summed E-state index contributed by atoms with van der Waals surface area (Å²) in [7, 11) is 0. The molecule has 2 fully saturated rings. The second kappa shape index (κ2) is 10.1. The number of benzene rings is 1. The van der Waals surface area contributed by atoms with Crippen molar-refractivity contribution in [2.75, 3.05) is 32.8 Å². The number of nitrogens with one attached hydrogen (secondary N) is 1. The summed E-state index contributed by atoms with van der Waals surface area (Å²) < 4.78 is 13.6. The highest BCUT2D eigenvalue weighted by Crippen LogP contribution is 2.34. The largest absolute Gasteiger partial charge is 0.489 e. The first-order valence-electron chi connectivity index (χ1n) is 12.8. The topological polar surface area (TPSA) is 92.0 Å². The molecule has 0 spiro atoms. The number of hydrogen-bond acceptors (Lipinski definition) is 6. The van der Waals surface area contributed by atoms with E-state index < -0.39 is 0 Å². The molecule has 2 aliphatic heterocycles. The highest BCUT2D eigenvalue weighted by atomic mass is 16.5. The predicted molar refractivity (Wildman–Crippen MR) is 138 cm³/mol. The number of H-pyrrole nitrogens is 1. The van der Waals surface area contributed by atoms with Gasteiger partial charge in [-0.15, -0.1) is 0 Å². The van der Waals surface area contributed by atoms with Gasteiger partial charge in [0.25, 0.3) is 0 Å². The third kappa shape index (κ3) is 4.72. The summed E-state index contributed by atoms with van der Waals surface area (Å²) in [6, 6.07) is 10.3. The third-order valence-corrected chi connectivity index (χ3v) is 7.21. The molecule has 0 atom stereocenters. The average Bonchev–Trinajstić information content (AvgIpc) is 3.69. The number of ether oxygens (including phenoxy) is 2. The fourth-order valence-corrected chi connectivity index (χ4v) is 5.15. The van der Waals surface area contributed by atoms with Crippen LogP contribution in [-0.4, -0.2) is 63.6 Å². The lowest BCUT2D eigenvalue weighted by Gasteiger charge is -2.23. The second-order valence-electron chi connectivity index (χ2n) is 9.62. The first-order valence-corrected chi connectivity index (χ1v) is 12.8. The summed E-state index contributed by atoms with van der Waals surface area (Å²) in [6.07, 6.45) is 12.2. The highest BCUT2D eigenvalue weighted by molar-refractivity contribution is 5.96. The summed E-state index contributed by atoms with van der Waals surface area (Å²) in [5.41, 5.74) is 5.40. The van der Waals surface area contributed by atoms with Crippen molar-refractivity contribution in [1.82, 2.24) is 24.6 Å². The molecule has 1 aromatic carbocycles. The van der Waals surface area contributed by atoms with Crippen LogP contribution in [0, 0.1) is 11.3 Å². The maximum atomic E-state index is 9.80. The fourth-order valence-electron chi connectivity index (χ4n) is 5.15. The molecule has 5 heterocycles. The molecular formula is C28H30N6O2. The Balaban J connectivity index is 1.24. The van der Waals surface area contributed by atoms with E-state index in [-0.39, 0.29) is 6.10 Å². The van der Waals surface area contributed by atoms with Gasteiger partial charge in [-0.05, 0) is 49.7 Å². The lowest BCUT2D eigenvalue weighted by molar-refractivity contribution is 0.0254. The van der Waals surface area contributed by atoms with Gasteiger partial charge >= 0.3 is 0 Å². The normalized spacial score (nSPS) is 17.0. The Bertz CT molecular complexity index is 1390. The first-order chi connectivity index (χ1) is 17.8. The van der Waals surface area contributed by atoms with Gasteiger partial charge in [0.05, 0.1) is 31.5 Å². The molecule has 36 heavy (non-hydrogen) atoms. The fraction of sp³-hybridized carbons (Fsp3) is 0.393. The number of hydrogen-bond donors (Lipinski definition) is 1. The van der Waals surface area contributed by atoms with Crippen molar-refractivity contribution in [2.24, 2.45) is 0 Å². The number of pyridine rings is 1. The molecule has 0 radical (unpaired) electrons. The van der Waals surface area contributed by atoms with Gasteiger partial charge in [0.2, 0.25) is 0 Å². The lowest BCUT2D eigenvalue weighted by Crippen LogP contribution is -2.26. The van der Waals surface area contributed by atoms with Crippen molar-refractivity contribution in [2.45, 2.75) is 38.3 Å². The van der Waals surface area contributed by atoms with E-state index in [1.807, 2.05) is 41.5 Å². The smallest absolute Gasteiger partial charge is 0.137 e. The van der Waals surface area contributed by atoms with Crippen LogP contribution in [0.2, 0.25) is 0 Å². The second-order valence-corrected chi connectivity index (χ2v) is 9.62. The number of likely N-dealkylation sites (tertiary alicyclic amines) is 1. The monoisotopic (exact) mass is 482 g/mol. The average molecular weight is 483 g/mol. The van der Waals surface area contributed by atoms with E-state index in [9.17, 15) is 5.26 Å². The SMILES string of the molecule is N#Cc1cc(-c2c[nH]c3ncc(-c4cnn(CCN5CCCC5)c4)cc23)ccc1OC1CCOCC1. The van der Waals surface area contributed by atoms with Crippen molar-refractivity contribution in [3.8, 4) is 34.1 Å². The van der Waals surface area contributed by atoms with E-state index >= 15 is 0 Å². The van der Waals surface area contributed by atoms with Crippen LogP contribution in [0.1, 0.15) is 31.2 Å². The van der Waals surface area contributed by atoms with Crippen LogP contribution in [0.15, 0.2) is 49.1 Å². The maximum absolute atomic E-state index is 9.80. The first kappa shape index (κ1) is 22.8. The zero-order chi connectivity index (χ0) is 24.3. The summed E-state index contributed by atoms with van der Waals surface area (Å²) >= 11 is 0. The summed E-state index contributed by atoms with van der Waals surface area (Å²) in [6.45, 7) is 5.72. The Morgan fingerprint density at radius 2 is 1.92 bits per heavy atom. The quantitative estimate of drug-likeness (QED) is 0.413. The van der Waals surface area contributed by atoms with Gasteiger partial charge in [0.1, 0.15) is 23.6 Å². The molecule has 8 nitrogen and oxygen atoms in total. The molecule has 2 saturated heterocycles. The highest BCUT2D eigenvalue weighted by Gasteiger charge is 2.18. The van der Waals surface area contributed by atoms with Gasteiger partial charge < -0.3 is 19.4 Å². The minimum absolute atomic E-state index is 0.0906. The van der Waals surface area contributed by atoms with Gasteiger partial charge in [-0.2, -0.15) is 10.4 Å². The number of aromatic nitrogens is 4. The van der Waals surface area contributed by atoms with Gasteiger partial charge in [0.15, 0.2) is 0 Å². The van der Waals surface area contributed by atoms with Crippen LogP contribution < -0.4 is 4.74 Å². The van der Waals surface area contributed by atoms with E-state index in [0.29, 0.717) is 24.5 Å². The molecule has 0 unspecified atom stereocenters. The number of fused-ring (bicyclic) bond motifs is 1. The Morgan fingerprint density at radius 1 is 1.06 bits per heavy atom. The van der Waals surface area contributed by atoms with Crippen LogP contribution in [0.25, 0.3) is 33.3 Å². The van der Waals surface area contributed by atoms with E-state index in [4.69, 9.17) is 9.47 Å². The molecule has 0 saturated carbocycles. The zero-order valence-electron chi connectivity index (χ0n) is 20.3. The van der Waals surface area contributed by atoms with Crippen LogP contribution in [0.3, 0.4) is 0 Å². The standard InChI is InChI=1S/C28H30N6O2/c29-15-21-13-20(3-4-27(21)36-24-5-11-35-12-6-24)26-18-31-28-25(26)14-22(16-30-28)23-17-32-34(19-23)10-9-33-7-1-2-8-33/h3-4,13-14,16-19,24H,1-2,5-12H2,(H,30,31). The van der Waals surface area contributed by atoms with E-state index in [1.54, 1.807) is 0 Å². The summed E-state index contributed by atoms with van der Waals surface area (Å²) in [4.78, 5) is 10.4. The Hall–Kier alpha value is -3.67.